The van der Waals surface area contributed by atoms with E-state index in [0.29, 0.717) is 11.1 Å². The fourth-order valence-corrected chi connectivity index (χ4v) is 3.08. The molecule has 2 heterocycles. The summed E-state index contributed by atoms with van der Waals surface area (Å²) in [4.78, 5) is 37.0. The number of rotatable bonds is 4. The summed E-state index contributed by atoms with van der Waals surface area (Å²) in [6, 6.07) is 15.6. The van der Waals surface area contributed by atoms with Crippen molar-refractivity contribution in [3.05, 3.63) is 81.1 Å². The van der Waals surface area contributed by atoms with Crippen LogP contribution in [0.5, 0.6) is 0 Å². The predicted molar refractivity (Wildman–Crippen MR) is 102 cm³/mol. The van der Waals surface area contributed by atoms with Crippen molar-refractivity contribution in [1.29, 1.82) is 0 Å². The number of hydrogen-bond donors (Lipinski definition) is 2. The molecule has 0 saturated heterocycles. The van der Waals surface area contributed by atoms with E-state index in [1.165, 1.54) is 0 Å². The van der Waals surface area contributed by atoms with E-state index in [1.54, 1.807) is 31.2 Å². The number of furan rings is 1. The van der Waals surface area contributed by atoms with E-state index in [2.05, 4.69) is 10.4 Å². The predicted octanol–water partition coefficient (Wildman–Crippen LogP) is 2.31. The highest BCUT2D eigenvalue weighted by molar-refractivity contribution is 5.81. The SMILES string of the molecule is C[C@H](NC(=O)Cn1[nH]c(=O)c2ccccc2c1=O)c1cc2ccccc2o1. The first kappa shape index (κ1) is 16.8. The fourth-order valence-electron chi connectivity index (χ4n) is 3.08. The Morgan fingerprint density at radius 2 is 1.81 bits per heavy atom. The van der Waals surface area contributed by atoms with Gasteiger partial charge < -0.3 is 9.73 Å². The summed E-state index contributed by atoms with van der Waals surface area (Å²) in [5.41, 5.74) is -0.0937. The van der Waals surface area contributed by atoms with Gasteiger partial charge in [0.05, 0.1) is 16.8 Å². The average Bonchev–Trinajstić information content (AvgIpc) is 3.10. The minimum absolute atomic E-state index is 0.277. The molecule has 7 heteroatoms. The van der Waals surface area contributed by atoms with Crippen molar-refractivity contribution in [2.75, 3.05) is 0 Å². The molecule has 0 aliphatic rings. The number of benzene rings is 2. The Kier molecular flexibility index (Phi) is 4.12. The van der Waals surface area contributed by atoms with Gasteiger partial charge in [-0.15, -0.1) is 0 Å². The van der Waals surface area contributed by atoms with Crippen LogP contribution in [-0.4, -0.2) is 15.7 Å². The highest BCUT2D eigenvalue weighted by Crippen LogP contribution is 2.23. The Morgan fingerprint density at radius 1 is 1.11 bits per heavy atom. The van der Waals surface area contributed by atoms with Crippen molar-refractivity contribution in [3.8, 4) is 0 Å². The quantitative estimate of drug-likeness (QED) is 0.581. The van der Waals surface area contributed by atoms with Crippen molar-refractivity contribution in [2.45, 2.75) is 19.5 Å². The van der Waals surface area contributed by atoms with E-state index in [-0.39, 0.29) is 18.0 Å². The van der Waals surface area contributed by atoms with Gasteiger partial charge in [-0.1, -0.05) is 30.3 Å². The molecule has 2 aromatic heterocycles. The smallest absolute Gasteiger partial charge is 0.273 e. The number of hydrogen-bond acceptors (Lipinski definition) is 4. The molecular weight excluding hydrogens is 346 g/mol. The first-order valence-corrected chi connectivity index (χ1v) is 8.52. The van der Waals surface area contributed by atoms with E-state index in [1.807, 2.05) is 30.3 Å². The zero-order valence-corrected chi connectivity index (χ0v) is 14.6. The molecule has 1 amide bonds. The fraction of sp³-hybridized carbons (Fsp3) is 0.150. The Balaban J connectivity index is 1.55. The summed E-state index contributed by atoms with van der Waals surface area (Å²) in [6.45, 7) is 1.50. The molecule has 4 aromatic rings. The van der Waals surface area contributed by atoms with Crippen LogP contribution >= 0.6 is 0 Å². The van der Waals surface area contributed by atoms with E-state index in [4.69, 9.17) is 4.42 Å². The molecule has 0 fully saturated rings. The highest BCUT2D eigenvalue weighted by atomic mass is 16.3. The second-order valence-corrected chi connectivity index (χ2v) is 6.35. The number of fused-ring (bicyclic) bond motifs is 2. The van der Waals surface area contributed by atoms with Crippen LogP contribution in [-0.2, 0) is 11.3 Å². The van der Waals surface area contributed by atoms with E-state index < -0.39 is 17.0 Å². The number of para-hydroxylation sites is 1. The Morgan fingerprint density at radius 3 is 2.59 bits per heavy atom. The van der Waals surface area contributed by atoms with Crippen LogP contribution in [0.2, 0.25) is 0 Å². The largest absolute Gasteiger partial charge is 0.459 e. The Bertz CT molecular complexity index is 1230. The summed E-state index contributed by atoms with van der Waals surface area (Å²) < 4.78 is 6.76. The molecule has 2 N–H and O–H groups in total. The molecular formula is C20H17N3O4. The van der Waals surface area contributed by atoms with Crippen LogP contribution < -0.4 is 16.4 Å². The van der Waals surface area contributed by atoms with Crippen LogP contribution in [0.3, 0.4) is 0 Å². The van der Waals surface area contributed by atoms with Crippen LogP contribution in [0.4, 0.5) is 0 Å². The number of amides is 1. The Labute approximate surface area is 153 Å². The number of aromatic nitrogens is 2. The number of nitrogens with zero attached hydrogens (tertiary/aromatic N) is 1. The van der Waals surface area contributed by atoms with Crippen molar-refractivity contribution < 1.29 is 9.21 Å². The summed E-state index contributed by atoms with van der Waals surface area (Å²) in [5, 5.41) is 6.76. The first-order chi connectivity index (χ1) is 13.0. The molecule has 0 aliphatic heterocycles. The first-order valence-electron chi connectivity index (χ1n) is 8.52. The molecule has 7 nitrogen and oxygen atoms in total. The van der Waals surface area contributed by atoms with Gasteiger partial charge in [0, 0.05) is 5.39 Å². The lowest BCUT2D eigenvalue weighted by Gasteiger charge is -2.12. The zero-order valence-electron chi connectivity index (χ0n) is 14.6. The van der Waals surface area contributed by atoms with Gasteiger partial charge in [-0.3, -0.25) is 19.5 Å². The lowest BCUT2D eigenvalue weighted by Crippen LogP contribution is -2.37. The Hall–Kier alpha value is -3.61. The van der Waals surface area contributed by atoms with Gasteiger partial charge in [-0.05, 0) is 31.2 Å². The standard InChI is InChI=1S/C20H17N3O4/c1-12(17-10-13-6-2-5-9-16(13)27-17)21-18(24)11-23-20(26)15-8-4-3-7-14(15)19(25)22-23/h2-10,12H,11H2,1H3,(H,21,24)(H,22,25)/t12-/m0/s1. The maximum absolute atomic E-state index is 12.5. The molecule has 136 valence electrons. The normalized spacial score (nSPS) is 12.3. The van der Waals surface area contributed by atoms with Crippen LogP contribution in [0, 0.1) is 0 Å². The highest BCUT2D eigenvalue weighted by Gasteiger charge is 2.16. The molecule has 0 saturated carbocycles. The van der Waals surface area contributed by atoms with Crippen LogP contribution in [0.15, 0.2) is 68.6 Å². The summed E-state index contributed by atoms with van der Waals surface area (Å²) in [6.07, 6.45) is 0. The van der Waals surface area contributed by atoms with Crippen molar-refractivity contribution in [2.24, 2.45) is 0 Å². The molecule has 0 aliphatic carbocycles. The third-order valence-electron chi connectivity index (χ3n) is 4.43. The number of carbonyl (C=O) groups is 1. The maximum Gasteiger partial charge on any atom is 0.273 e. The molecule has 2 aromatic carbocycles. The number of aromatic amines is 1. The minimum Gasteiger partial charge on any atom is -0.459 e. The molecule has 27 heavy (non-hydrogen) atoms. The number of nitrogens with one attached hydrogen (secondary N) is 2. The minimum atomic E-state index is -0.420. The van der Waals surface area contributed by atoms with Crippen molar-refractivity contribution in [3.63, 3.8) is 0 Å². The van der Waals surface area contributed by atoms with Gasteiger partial charge in [-0.25, -0.2) is 4.68 Å². The lowest BCUT2D eigenvalue weighted by molar-refractivity contribution is -0.122. The van der Waals surface area contributed by atoms with Gasteiger partial charge in [0.2, 0.25) is 5.91 Å². The third kappa shape index (κ3) is 3.15. The average molecular weight is 363 g/mol. The van der Waals surface area contributed by atoms with Crippen LogP contribution in [0.25, 0.3) is 21.7 Å². The number of carbonyl (C=O) groups excluding carboxylic acids is 1. The van der Waals surface area contributed by atoms with Gasteiger partial charge in [0.1, 0.15) is 17.9 Å². The van der Waals surface area contributed by atoms with Gasteiger partial charge in [0.15, 0.2) is 0 Å². The molecule has 4 rings (SSSR count). The summed E-state index contributed by atoms with van der Waals surface area (Å²) >= 11 is 0. The van der Waals surface area contributed by atoms with Crippen molar-refractivity contribution >= 4 is 27.6 Å². The van der Waals surface area contributed by atoms with Gasteiger partial charge in [-0.2, -0.15) is 0 Å². The third-order valence-corrected chi connectivity index (χ3v) is 4.43. The van der Waals surface area contributed by atoms with Gasteiger partial charge >= 0.3 is 0 Å². The zero-order chi connectivity index (χ0) is 19.0. The monoisotopic (exact) mass is 363 g/mol. The molecule has 0 bridgehead atoms. The second kappa shape index (κ2) is 6.60. The molecule has 0 radical (unpaired) electrons. The lowest BCUT2D eigenvalue weighted by atomic mass is 10.2. The van der Waals surface area contributed by atoms with Crippen molar-refractivity contribution in [1.82, 2.24) is 15.1 Å². The van der Waals surface area contributed by atoms with Gasteiger partial charge in [0.25, 0.3) is 11.1 Å². The van der Waals surface area contributed by atoms with E-state index in [9.17, 15) is 14.4 Å². The maximum atomic E-state index is 12.5. The number of H-pyrrole nitrogens is 1. The second-order valence-electron chi connectivity index (χ2n) is 6.35. The van der Waals surface area contributed by atoms with Crippen LogP contribution in [0.1, 0.15) is 18.7 Å². The van der Waals surface area contributed by atoms with E-state index in [0.717, 1.165) is 15.7 Å². The molecule has 0 unspecified atom stereocenters. The summed E-state index contributed by atoms with van der Waals surface area (Å²) in [5.74, 6) is 0.208. The van der Waals surface area contributed by atoms with E-state index >= 15 is 0 Å². The molecule has 1 atom stereocenters. The molecule has 0 spiro atoms. The topological polar surface area (TPSA) is 97.1 Å². The summed E-state index contributed by atoms with van der Waals surface area (Å²) in [7, 11) is 0.